The maximum atomic E-state index is 12.1. The predicted octanol–water partition coefficient (Wildman–Crippen LogP) is 1.26. The van der Waals surface area contributed by atoms with Gasteiger partial charge in [0.1, 0.15) is 0 Å². The fraction of sp³-hybridized carbons (Fsp3) is 0.500. The second-order valence-corrected chi connectivity index (χ2v) is 5.16. The van der Waals surface area contributed by atoms with Crippen molar-refractivity contribution in [3.8, 4) is 0 Å². The van der Waals surface area contributed by atoms with Gasteiger partial charge in [0.05, 0.1) is 5.56 Å². The topological polar surface area (TPSA) is 58.4 Å². The summed E-state index contributed by atoms with van der Waals surface area (Å²) in [4.78, 5) is 14.3. The van der Waals surface area contributed by atoms with Gasteiger partial charge in [0.2, 0.25) is 0 Å². The number of benzene rings is 1. The van der Waals surface area contributed by atoms with Crippen molar-refractivity contribution >= 4 is 11.6 Å². The van der Waals surface area contributed by atoms with E-state index in [1.54, 1.807) is 6.07 Å². The van der Waals surface area contributed by atoms with Crippen LogP contribution in [0.3, 0.4) is 0 Å². The molecule has 0 bridgehead atoms. The minimum atomic E-state index is -0.0641. The Morgan fingerprint density at radius 1 is 1.56 bits per heavy atom. The SMILES string of the molecule is Cc1cccc(C(=O)NCC2CCN(C)C2)c1N. The molecule has 0 radical (unpaired) electrons. The molecule has 2 rings (SSSR count). The normalized spacial score (nSPS) is 20.0. The second kappa shape index (κ2) is 5.40. The first kappa shape index (κ1) is 12.9. The molecule has 1 atom stereocenters. The van der Waals surface area contributed by atoms with Gasteiger partial charge in [0, 0.05) is 18.8 Å². The summed E-state index contributed by atoms with van der Waals surface area (Å²) < 4.78 is 0. The van der Waals surface area contributed by atoms with Crippen LogP contribution in [0.15, 0.2) is 18.2 Å². The summed E-state index contributed by atoms with van der Waals surface area (Å²) in [5, 5.41) is 2.98. The number of nitrogens with one attached hydrogen (secondary N) is 1. The van der Waals surface area contributed by atoms with Crippen LogP contribution in [-0.4, -0.2) is 37.5 Å². The van der Waals surface area contributed by atoms with E-state index in [2.05, 4.69) is 17.3 Å². The zero-order valence-electron chi connectivity index (χ0n) is 11.1. The van der Waals surface area contributed by atoms with Crippen molar-refractivity contribution in [1.82, 2.24) is 10.2 Å². The summed E-state index contributed by atoms with van der Waals surface area (Å²) in [5.41, 5.74) is 8.03. The Labute approximate surface area is 108 Å². The highest BCUT2D eigenvalue weighted by Crippen LogP contribution is 2.17. The van der Waals surface area contributed by atoms with Gasteiger partial charge in [-0.05, 0) is 44.5 Å². The summed E-state index contributed by atoms with van der Waals surface area (Å²) in [6.45, 7) is 4.82. The average molecular weight is 247 g/mol. The summed E-state index contributed by atoms with van der Waals surface area (Å²) >= 11 is 0. The van der Waals surface area contributed by atoms with Crippen LogP contribution in [0.25, 0.3) is 0 Å². The molecule has 0 saturated carbocycles. The Kier molecular flexibility index (Phi) is 3.87. The summed E-state index contributed by atoms with van der Waals surface area (Å²) in [5.74, 6) is 0.496. The van der Waals surface area contributed by atoms with E-state index in [-0.39, 0.29) is 5.91 Å². The third kappa shape index (κ3) is 2.82. The molecule has 4 nitrogen and oxygen atoms in total. The highest BCUT2D eigenvalue weighted by molar-refractivity contribution is 5.99. The van der Waals surface area contributed by atoms with Gasteiger partial charge in [-0.2, -0.15) is 0 Å². The van der Waals surface area contributed by atoms with Crippen LogP contribution in [0, 0.1) is 12.8 Å². The number of amides is 1. The summed E-state index contributed by atoms with van der Waals surface area (Å²) in [6, 6.07) is 5.56. The lowest BCUT2D eigenvalue weighted by atomic mass is 10.1. The quantitative estimate of drug-likeness (QED) is 0.791. The number of nitrogen functional groups attached to an aromatic ring is 1. The molecular weight excluding hydrogens is 226 g/mol. The number of hydrogen-bond acceptors (Lipinski definition) is 3. The van der Waals surface area contributed by atoms with Crippen LogP contribution in [-0.2, 0) is 0 Å². The Balaban J connectivity index is 1.94. The molecule has 0 aromatic heterocycles. The smallest absolute Gasteiger partial charge is 0.253 e. The molecule has 18 heavy (non-hydrogen) atoms. The van der Waals surface area contributed by atoms with Gasteiger partial charge < -0.3 is 16.0 Å². The number of hydrogen-bond donors (Lipinski definition) is 2. The molecule has 1 fully saturated rings. The van der Waals surface area contributed by atoms with E-state index in [4.69, 9.17) is 5.73 Å². The van der Waals surface area contributed by atoms with Crippen molar-refractivity contribution in [2.75, 3.05) is 32.4 Å². The van der Waals surface area contributed by atoms with Crippen LogP contribution in [0.5, 0.6) is 0 Å². The van der Waals surface area contributed by atoms with Crippen LogP contribution >= 0.6 is 0 Å². The summed E-state index contributed by atoms with van der Waals surface area (Å²) in [7, 11) is 2.11. The zero-order chi connectivity index (χ0) is 13.1. The fourth-order valence-electron chi connectivity index (χ4n) is 2.40. The molecule has 3 N–H and O–H groups in total. The second-order valence-electron chi connectivity index (χ2n) is 5.16. The molecule has 0 aliphatic carbocycles. The van der Waals surface area contributed by atoms with Crippen LogP contribution in [0.4, 0.5) is 5.69 Å². The molecule has 1 saturated heterocycles. The molecule has 1 aromatic carbocycles. The Hall–Kier alpha value is -1.55. The number of nitrogens with two attached hydrogens (primary N) is 1. The number of carbonyl (C=O) groups is 1. The van der Waals surface area contributed by atoms with E-state index in [1.165, 1.54) is 0 Å². The van der Waals surface area contributed by atoms with Crippen LogP contribution < -0.4 is 11.1 Å². The van der Waals surface area contributed by atoms with E-state index in [0.717, 1.165) is 31.6 Å². The van der Waals surface area contributed by atoms with Gasteiger partial charge in [-0.15, -0.1) is 0 Å². The minimum Gasteiger partial charge on any atom is -0.398 e. The van der Waals surface area contributed by atoms with Gasteiger partial charge in [-0.25, -0.2) is 0 Å². The number of nitrogens with zero attached hydrogens (tertiary/aromatic N) is 1. The lowest BCUT2D eigenvalue weighted by Gasteiger charge is -2.13. The maximum absolute atomic E-state index is 12.1. The first-order valence-corrected chi connectivity index (χ1v) is 6.39. The van der Waals surface area contributed by atoms with Crippen molar-refractivity contribution in [3.63, 3.8) is 0 Å². The lowest BCUT2D eigenvalue weighted by molar-refractivity contribution is 0.0948. The third-order valence-electron chi connectivity index (χ3n) is 3.61. The van der Waals surface area contributed by atoms with E-state index in [1.807, 2.05) is 19.1 Å². The maximum Gasteiger partial charge on any atom is 0.253 e. The number of rotatable bonds is 3. The molecule has 98 valence electrons. The van der Waals surface area contributed by atoms with Crippen molar-refractivity contribution in [2.24, 2.45) is 5.92 Å². The Morgan fingerprint density at radius 2 is 2.33 bits per heavy atom. The third-order valence-corrected chi connectivity index (χ3v) is 3.61. The molecule has 1 heterocycles. The molecular formula is C14H21N3O. The van der Waals surface area contributed by atoms with E-state index in [0.29, 0.717) is 17.2 Å². The molecule has 0 spiro atoms. The van der Waals surface area contributed by atoms with E-state index < -0.39 is 0 Å². The van der Waals surface area contributed by atoms with E-state index in [9.17, 15) is 4.79 Å². The number of carbonyl (C=O) groups excluding carboxylic acids is 1. The predicted molar refractivity (Wildman–Crippen MR) is 73.5 cm³/mol. The monoisotopic (exact) mass is 247 g/mol. The molecule has 1 amide bonds. The molecule has 1 aliphatic heterocycles. The van der Waals surface area contributed by atoms with Crippen LogP contribution in [0.2, 0.25) is 0 Å². The van der Waals surface area contributed by atoms with Gasteiger partial charge in [-0.1, -0.05) is 12.1 Å². The zero-order valence-corrected chi connectivity index (χ0v) is 11.1. The van der Waals surface area contributed by atoms with Crippen molar-refractivity contribution < 1.29 is 4.79 Å². The number of aryl methyl sites for hydroxylation is 1. The number of anilines is 1. The minimum absolute atomic E-state index is 0.0641. The van der Waals surface area contributed by atoms with Gasteiger partial charge in [-0.3, -0.25) is 4.79 Å². The molecule has 1 aromatic rings. The van der Waals surface area contributed by atoms with Gasteiger partial charge in [0.25, 0.3) is 5.91 Å². The first-order chi connectivity index (χ1) is 8.58. The fourth-order valence-corrected chi connectivity index (χ4v) is 2.40. The Morgan fingerprint density at radius 3 is 3.00 bits per heavy atom. The molecule has 1 aliphatic rings. The van der Waals surface area contributed by atoms with Crippen molar-refractivity contribution in [2.45, 2.75) is 13.3 Å². The largest absolute Gasteiger partial charge is 0.398 e. The first-order valence-electron chi connectivity index (χ1n) is 6.39. The lowest BCUT2D eigenvalue weighted by Crippen LogP contribution is -2.31. The molecule has 4 heteroatoms. The van der Waals surface area contributed by atoms with Gasteiger partial charge >= 0.3 is 0 Å². The van der Waals surface area contributed by atoms with Gasteiger partial charge in [0.15, 0.2) is 0 Å². The Bertz CT molecular complexity index is 445. The van der Waals surface area contributed by atoms with Crippen molar-refractivity contribution in [1.29, 1.82) is 0 Å². The molecule has 1 unspecified atom stereocenters. The highest BCUT2D eigenvalue weighted by Gasteiger charge is 2.20. The standard InChI is InChI=1S/C14H21N3O/c1-10-4-3-5-12(13(10)15)14(18)16-8-11-6-7-17(2)9-11/h3-5,11H,6-9,15H2,1-2H3,(H,16,18). The van der Waals surface area contributed by atoms with E-state index >= 15 is 0 Å². The average Bonchev–Trinajstić information content (AvgIpc) is 2.76. The summed E-state index contributed by atoms with van der Waals surface area (Å²) in [6.07, 6.45) is 1.15. The highest BCUT2D eigenvalue weighted by atomic mass is 16.1. The number of para-hydroxylation sites is 1. The number of likely N-dealkylation sites (tertiary alicyclic amines) is 1. The van der Waals surface area contributed by atoms with Crippen molar-refractivity contribution in [3.05, 3.63) is 29.3 Å². The van der Waals surface area contributed by atoms with Crippen LogP contribution in [0.1, 0.15) is 22.3 Å².